The van der Waals surface area contributed by atoms with Gasteiger partial charge in [0.05, 0.1) is 13.2 Å². The van der Waals surface area contributed by atoms with E-state index in [-0.39, 0.29) is 0 Å². The maximum atomic E-state index is 12.6. The molecule has 0 aromatic heterocycles. The molecular weight excluding hydrogens is 432 g/mol. The minimum absolute atomic E-state index is 0.302. The van der Waals surface area contributed by atoms with E-state index in [1.54, 1.807) is 0 Å². The summed E-state index contributed by atoms with van der Waals surface area (Å²) in [5.74, 6) is 0.821. The van der Waals surface area contributed by atoms with E-state index in [0.29, 0.717) is 47.3 Å². The summed E-state index contributed by atoms with van der Waals surface area (Å²) in [6, 6.07) is 11.5. The first kappa shape index (κ1) is 25.3. The maximum Gasteiger partial charge on any atom is 0.513 e. The van der Waals surface area contributed by atoms with Gasteiger partial charge < -0.3 is 18.9 Å². The number of ether oxygens (including phenoxy) is 4. The molecule has 0 atom stereocenters. The Kier molecular flexibility index (Phi) is 9.14. The second-order valence-corrected chi connectivity index (χ2v) is 8.20. The molecule has 0 unspecified atom stereocenters. The molecule has 3 rings (SSSR count). The molecule has 3 aromatic rings. The summed E-state index contributed by atoms with van der Waals surface area (Å²) < 4.78 is 22.2. The zero-order chi connectivity index (χ0) is 24.5. The van der Waals surface area contributed by atoms with Crippen molar-refractivity contribution in [2.24, 2.45) is 0 Å². The zero-order valence-electron chi connectivity index (χ0n) is 20.6. The third kappa shape index (κ3) is 5.79. The molecule has 0 radical (unpaired) electrons. The lowest BCUT2D eigenvalue weighted by atomic mass is 9.93. The summed E-state index contributed by atoms with van der Waals surface area (Å²) >= 11 is 0. The molecule has 34 heavy (non-hydrogen) atoms. The van der Waals surface area contributed by atoms with Crippen LogP contribution in [0.15, 0.2) is 36.4 Å². The minimum Gasteiger partial charge on any atom is -0.434 e. The van der Waals surface area contributed by atoms with Crippen molar-refractivity contribution in [2.75, 3.05) is 13.2 Å². The number of carbonyl (C=O) groups excluding carboxylic acids is 2. The number of aryl methyl sites for hydroxylation is 2. The molecule has 3 aromatic carbocycles. The molecule has 0 saturated carbocycles. The Bertz CT molecular complexity index is 1150. The average molecular weight is 467 g/mol. The highest BCUT2D eigenvalue weighted by atomic mass is 16.7. The Morgan fingerprint density at radius 2 is 1.26 bits per heavy atom. The SMILES string of the molecule is CCCCOC(=O)Oc1c2ccccc2c(OC(=O)OCCCC)c2c(CC)cc(CC)cc12. The predicted molar refractivity (Wildman–Crippen MR) is 134 cm³/mol. The fourth-order valence-electron chi connectivity index (χ4n) is 3.90. The Morgan fingerprint density at radius 1 is 0.706 bits per heavy atom. The molecular formula is C28H34O6. The molecule has 0 aliphatic rings. The van der Waals surface area contributed by atoms with Crippen molar-refractivity contribution in [2.45, 2.75) is 66.2 Å². The van der Waals surface area contributed by atoms with Gasteiger partial charge in [-0.25, -0.2) is 9.59 Å². The van der Waals surface area contributed by atoms with Crippen LogP contribution in [0.25, 0.3) is 21.5 Å². The van der Waals surface area contributed by atoms with Gasteiger partial charge in [0.2, 0.25) is 0 Å². The summed E-state index contributed by atoms with van der Waals surface area (Å²) in [5, 5.41) is 2.77. The van der Waals surface area contributed by atoms with Gasteiger partial charge in [-0.05, 0) is 42.9 Å². The van der Waals surface area contributed by atoms with E-state index in [2.05, 4.69) is 13.0 Å². The van der Waals surface area contributed by atoms with Gasteiger partial charge in [0.25, 0.3) is 0 Å². The van der Waals surface area contributed by atoms with Crippen LogP contribution in [0.5, 0.6) is 11.5 Å². The molecule has 0 bridgehead atoms. The summed E-state index contributed by atoms with van der Waals surface area (Å²) in [4.78, 5) is 25.1. The van der Waals surface area contributed by atoms with Gasteiger partial charge in [0, 0.05) is 21.5 Å². The summed E-state index contributed by atoms with van der Waals surface area (Å²) in [7, 11) is 0. The Labute approximate surface area is 201 Å². The van der Waals surface area contributed by atoms with Crippen LogP contribution in [0.4, 0.5) is 9.59 Å². The van der Waals surface area contributed by atoms with Gasteiger partial charge in [0.1, 0.15) is 5.75 Å². The van der Waals surface area contributed by atoms with Crippen LogP contribution in [0.1, 0.15) is 64.5 Å². The Balaban J connectivity index is 2.21. The molecule has 0 saturated heterocycles. The van der Waals surface area contributed by atoms with Crippen molar-refractivity contribution >= 4 is 33.9 Å². The van der Waals surface area contributed by atoms with Gasteiger partial charge >= 0.3 is 12.3 Å². The van der Waals surface area contributed by atoms with Crippen LogP contribution in [-0.4, -0.2) is 25.5 Å². The minimum atomic E-state index is -0.743. The molecule has 0 heterocycles. The van der Waals surface area contributed by atoms with Crippen molar-refractivity contribution in [3.05, 3.63) is 47.5 Å². The Morgan fingerprint density at radius 3 is 1.79 bits per heavy atom. The molecule has 0 spiro atoms. The Hall–Kier alpha value is -3.28. The van der Waals surface area contributed by atoms with Gasteiger partial charge in [-0.1, -0.05) is 70.9 Å². The van der Waals surface area contributed by atoms with Crippen LogP contribution in [0.2, 0.25) is 0 Å². The van der Waals surface area contributed by atoms with E-state index in [9.17, 15) is 9.59 Å². The highest BCUT2D eigenvalue weighted by Gasteiger charge is 2.23. The molecule has 0 aliphatic carbocycles. The maximum absolute atomic E-state index is 12.6. The van der Waals surface area contributed by atoms with Crippen molar-refractivity contribution in [1.29, 1.82) is 0 Å². The van der Waals surface area contributed by atoms with E-state index >= 15 is 0 Å². The first-order chi connectivity index (χ1) is 16.5. The molecule has 6 nitrogen and oxygen atoms in total. The number of hydrogen-bond acceptors (Lipinski definition) is 6. The second-order valence-electron chi connectivity index (χ2n) is 8.20. The normalized spacial score (nSPS) is 10.9. The van der Waals surface area contributed by atoms with Crippen LogP contribution in [0.3, 0.4) is 0 Å². The van der Waals surface area contributed by atoms with Gasteiger partial charge in [-0.15, -0.1) is 0 Å². The molecule has 0 amide bonds. The largest absolute Gasteiger partial charge is 0.513 e. The fourth-order valence-corrected chi connectivity index (χ4v) is 3.90. The zero-order valence-corrected chi connectivity index (χ0v) is 20.6. The average Bonchev–Trinajstić information content (AvgIpc) is 2.85. The molecule has 182 valence electrons. The molecule has 6 heteroatoms. The number of unbranched alkanes of at least 4 members (excludes halogenated alkanes) is 2. The first-order valence-electron chi connectivity index (χ1n) is 12.2. The van der Waals surface area contributed by atoms with Gasteiger partial charge in [0.15, 0.2) is 5.75 Å². The first-order valence-corrected chi connectivity index (χ1v) is 12.2. The van der Waals surface area contributed by atoms with E-state index in [1.807, 2.05) is 51.1 Å². The van der Waals surface area contributed by atoms with Crippen LogP contribution in [0, 0.1) is 0 Å². The van der Waals surface area contributed by atoms with E-state index in [0.717, 1.165) is 48.6 Å². The summed E-state index contributed by atoms with van der Waals surface area (Å²) in [6.07, 6.45) is 3.41. The monoisotopic (exact) mass is 466 g/mol. The molecule has 0 aliphatic heterocycles. The van der Waals surface area contributed by atoms with Gasteiger partial charge in [-0.3, -0.25) is 0 Å². The second kappa shape index (κ2) is 12.3. The molecule has 0 fully saturated rings. The van der Waals surface area contributed by atoms with E-state index < -0.39 is 12.3 Å². The van der Waals surface area contributed by atoms with Crippen LogP contribution < -0.4 is 9.47 Å². The number of hydrogen-bond donors (Lipinski definition) is 0. The smallest absolute Gasteiger partial charge is 0.434 e. The van der Waals surface area contributed by atoms with E-state index in [4.69, 9.17) is 18.9 Å². The lowest BCUT2D eigenvalue weighted by molar-refractivity contribution is 0.0970. The number of rotatable bonds is 10. The standard InChI is InChI=1S/C28H34O6/c1-5-9-15-31-27(29)33-25-21-13-11-12-14-22(21)26(34-28(30)32-16-10-6-2)24-20(8-4)17-19(7-3)18-23(24)25/h11-14,17-18H,5-10,15-16H2,1-4H3. The van der Waals surface area contributed by atoms with E-state index in [1.165, 1.54) is 0 Å². The topological polar surface area (TPSA) is 71.1 Å². The van der Waals surface area contributed by atoms with Crippen LogP contribution >= 0.6 is 0 Å². The lowest BCUT2D eigenvalue weighted by Gasteiger charge is -2.19. The summed E-state index contributed by atoms with van der Waals surface area (Å²) in [6.45, 7) is 8.78. The van der Waals surface area contributed by atoms with Crippen molar-refractivity contribution in [1.82, 2.24) is 0 Å². The van der Waals surface area contributed by atoms with Gasteiger partial charge in [-0.2, -0.15) is 0 Å². The van der Waals surface area contributed by atoms with Crippen LogP contribution in [-0.2, 0) is 22.3 Å². The fraction of sp³-hybridized carbons (Fsp3) is 0.429. The van der Waals surface area contributed by atoms with Crippen molar-refractivity contribution < 1.29 is 28.5 Å². The van der Waals surface area contributed by atoms with Crippen molar-refractivity contribution in [3.63, 3.8) is 0 Å². The quantitative estimate of drug-likeness (QED) is 0.132. The predicted octanol–water partition coefficient (Wildman–Crippen LogP) is 7.75. The number of carbonyl (C=O) groups is 2. The third-order valence-electron chi connectivity index (χ3n) is 5.76. The number of benzene rings is 3. The summed E-state index contributed by atoms with van der Waals surface area (Å²) in [5.41, 5.74) is 2.10. The highest BCUT2D eigenvalue weighted by molar-refractivity contribution is 6.13. The van der Waals surface area contributed by atoms with Crippen molar-refractivity contribution in [3.8, 4) is 11.5 Å². The lowest BCUT2D eigenvalue weighted by Crippen LogP contribution is -2.14. The molecule has 0 N–H and O–H groups in total. The third-order valence-corrected chi connectivity index (χ3v) is 5.76. The highest BCUT2D eigenvalue weighted by Crippen LogP contribution is 2.45. The number of fused-ring (bicyclic) bond motifs is 2.